The lowest BCUT2D eigenvalue weighted by molar-refractivity contribution is 0.590. The van der Waals surface area contributed by atoms with Crippen molar-refractivity contribution in [2.75, 3.05) is 9.80 Å². The molecule has 65 heavy (non-hydrogen) atoms. The lowest BCUT2D eigenvalue weighted by atomic mass is 9.36. The molecule has 0 spiro atoms. The van der Waals surface area contributed by atoms with Gasteiger partial charge in [0.2, 0.25) is 0 Å². The molecule has 5 heteroatoms. The summed E-state index contributed by atoms with van der Waals surface area (Å²) in [5, 5.41) is 4.05. The van der Waals surface area contributed by atoms with Crippen LogP contribution in [0.25, 0.3) is 42.4 Å². The van der Waals surface area contributed by atoms with Gasteiger partial charge in [-0.05, 0) is 143 Å². The maximum atomic E-state index is 2.63. The third-order valence-electron chi connectivity index (χ3n) is 15.6. The van der Waals surface area contributed by atoms with E-state index in [4.69, 9.17) is 0 Å². The molecule has 0 atom stereocenters. The molecule has 0 bridgehead atoms. The van der Waals surface area contributed by atoms with Crippen LogP contribution in [0, 0.1) is 0 Å². The van der Waals surface area contributed by atoms with Crippen molar-refractivity contribution in [3.63, 3.8) is 0 Å². The van der Waals surface area contributed by atoms with Gasteiger partial charge in [-0.2, -0.15) is 0 Å². The molecular weight excluding hydrogens is 824 g/mol. The Morgan fingerprint density at radius 3 is 1.46 bits per heavy atom. The van der Waals surface area contributed by atoms with Crippen LogP contribution in [0.3, 0.4) is 0 Å². The number of thiophene rings is 2. The molecule has 318 valence electrons. The molecule has 0 saturated carbocycles. The number of hydrogen-bond donors (Lipinski definition) is 0. The quantitative estimate of drug-likeness (QED) is 0.160. The first-order valence-electron chi connectivity index (χ1n) is 23.4. The van der Waals surface area contributed by atoms with Gasteiger partial charge < -0.3 is 9.80 Å². The van der Waals surface area contributed by atoms with Gasteiger partial charge in [0.25, 0.3) is 6.71 Å². The minimum Gasteiger partial charge on any atom is -0.310 e. The summed E-state index contributed by atoms with van der Waals surface area (Å²) in [7, 11) is 0. The van der Waals surface area contributed by atoms with E-state index in [1.807, 2.05) is 22.7 Å². The standard InChI is InChI=1S/C60H53BN2S2/c1-57(2,3)34-22-26-36(27-23-34)62-48-20-15-21-49-53(48)61(55-54(62)43-31-41-39-17-12-14-19-45(39)60(9,10)47(41)33-51(43)64-55)52-42-30-40-38-16-11-13-18-44(38)59(7,8)46(40)32-50(42)65-56(52)63(49)37-28-24-35(25-29-37)58(4,5)6/h11-33H,1-10H3. The fraction of sp³-hybridized carbons (Fsp3) is 0.233. The minimum absolute atomic E-state index is 0.0467. The first kappa shape index (κ1) is 39.5. The van der Waals surface area contributed by atoms with E-state index in [0.717, 1.165) is 0 Å². The highest BCUT2D eigenvalue weighted by Gasteiger charge is 2.48. The maximum absolute atomic E-state index is 2.63. The molecule has 0 N–H and O–H groups in total. The second kappa shape index (κ2) is 12.9. The number of benzene rings is 7. The van der Waals surface area contributed by atoms with E-state index in [9.17, 15) is 0 Å². The zero-order chi connectivity index (χ0) is 44.7. The Labute approximate surface area is 392 Å². The van der Waals surface area contributed by atoms with E-state index in [0.29, 0.717) is 0 Å². The third kappa shape index (κ3) is 5.29. The molecule has 7 aromatic carbocycles. The van der Waals surface area contributed by atoms with E-state index in [2.05, 4.69) is 219 Å². The van der Waals surface area contributed by atoms with Gasteiger partial charge in [-0.15, -0.1) is 22.7 Å². The number of anilines is 6. The highest BCUT2D eigenvalue weighted by molar-refractivity contribution is 7.35. The van der Waals surface area contributed by atoms with Crippen LogP contribution in [0.15, 0.2) is 140 Å². The van der Waals surface area contributed by atoms with Crippen molar-refractivity contribution in [3.05, 3.63) is 173 Å². The minimum atomic E-state index is -0.0850. The Kier molecular flexibility index (Phi) is 7.85. The topological polar surface area (TPSA) is 6.48 Å². The van der Waals surface area contributed by atoms with Crippen LogP contribution < -0.4 is 25.5 Å². The van der Waals surface area contributed by atoms with Crippen molar-refractivity contribution < 1.29 is 0 Å². The number of rotatable bonds is 2. The molecule has 0 unspecified atom stereocenters. The largest absolute Gasteiger partial charge is 0.310 e. The number of hydrogen-bond acceptors (Lipinski definition) is 4. The second-order valence-corrected chi connectivity index (χ2v) is 24.3. The molecule has 0 fully saturated rings. The molecule has 4 aliphatic rings. The van der Waals surface area contributed by atoms with E-state index < -0.39 is 0 Å². The van der Waals surface area contributed by atoms with Crippen molar-refractivity contribution in [1.29, 1.82) is 0 Å². The Hall–Kier alpha value is -5.88. The van der Waals surface area contributed by atoms with E-state index in [1.54, 1.807) is 0 Å². The van der Waals surface area contributed by atoms with Crippen molar-refractivity contribution in [2.45, 2.75) is 90.9 Å². The van der Waals surface area contributed by atoms with Crippen molar-refractivity contribution in [1.82, 2.24) is 0 Å². The lowest BCUT2D eigenvalue weighted by Gasteiger charge is -2.42. The molecule has 2 aliphatic heterocycles. The number of fused-ring (bicyclic) bond motifs is 14. The summed E-state index contributed by atoms with van der Waals surface area (Å²) in [6.07, 6.45) is 0. The fourth-order valence-corrected chi connectivity index (χ4v) is 14.7. The van der Waals surface area contributed by atoms with Crippen LogP contribution in [-0.2, 0) is 21.7 Å². The van der Waals surface area contributed by atoms with Crippen molar-refractivity contribution in [2.24, 2.45) is 0 Å². The zero-order valence-corrected chi connectivity index (χ0v) is 40.7. The van der Waals surface area contributed by atoms with Gasteiger partial charge in [-0.25, -0.2) is 0 Å². The van der Waals surface area contributed by atoms with Crippen LogP contribution in [0.2, 0.25) is 0 Å². The van der Waals surface area contributed by atoms with Gasteiger partial charge in [0.1, 0.15) is 0 Å². The SMILES string of the molecule is CC(C)(C)c1ccc(N2c3cccc4c3B(c3sc5cc6c(cc5c3N4c3ccc(C(C)(C)C)cc3)-c3ccccc3C6(C)C)c3c2sc2cc4c(cc32)-c2ccccc2C4(C)C)cc1. The molecule has 9 aromatic rings. The highest BCUT2D eigenvalue weighted by Crippen LogP contribution is 2.56. The maximum Gasteiger partial charge on any atom is 0.266 e. The van der Waals surface area contributed by atoms with Crippen LogP contribution in [0.5, 0.6) is 0 Å². The van der Waals surface area contributed by atoms with Crippen molar-refractivity contribution in [3.8, 4) is 22.3 Å². The Morgan fingerprint density at radius 2 is 0.923 bits per heavy atom. The summed E-state index contributed by atoms with van der Waals surface area (Å²) in [6, 6.07) is 54.5. The Balaban J connectivity index is 1.14. The van der Waals surface area contributed by atoms with Gasteiger partial charge in [0.05, 0.1) is 10.7 Å². The van der Waals surface area contributed by atoms with Crippen molar-refractivity contribution >= 4 is 98.7 Å². The normalized spacial score (nSPS) is 16.0. The molecule has 0 saturated heterocycles. The van der Waals surface area contributed by atoms with Crippen LogP contribution >= 0.6 is 22.7 Å². The van der Waals surface area contributed by atoms with E-state index >= 15 is 0 Å². The van der Waals surface area contributed by atoms with Crippen LogP contribution in [0.1, 0.15) is 103 Å². The van der Waals surface area contributed by atoms with Gasteiger partial charge in [0, 0.05) is 53.1 Å². The lowest BCUT2D eigenvalue weighted by Crippen LogP contribution is -2.60. The predicted molar refractivity (Wildman–Crippen MR) is 284 cm³/mol. The summed E-state index contributed by atoms with van der Waals surface area (Å²) in [5.74, 6) is 0. The molecule has 0 amide bonds. The molecule has 2 aromatic heterocycles. The summed E-state index contributed by atoms with van der Waals surface area (Å²) in [4.78, 5) is 5.24. The average molecular weight is 877 g/mol. The molecule has 2 aliphatic carbocycles. The van der Waals surface area contributed by atoms with Gasteiger partial charge in [-0.1, -0.05) is 148 Å². The fourth-order valence-electron chi connectivity index (χ4n) is 12.1. The summed E-state index contributed by atoms with van der Waals surface area (Å²) in [5.41, 5.74) is 22.9. The molecule has 13 rings (SSSR count). The molecular formula is C60H53BN2S2. The molecule has 2 nitrogen and oxygen atoms in total. The zero-order valence-electron chi connectivity index (χ0n) is 39.1. The Bertz CT molecular complexity index is 3510. The first-order valence-corrected chi connectivity index (χ1v) is 25.0. The molecule has 0 radical (unpaired) electrons. The second-order valence-electron chi connectivity index (χ2n) is 22.2. The molecule has 4 heterocycles. The average Bonchev–Trinajstić information content (AvgIpc) is 3.97. The third-order valence-corrected chi connectivity index (χ3v) is 18.0. The van der Waals surface area contributed by atoms with E-state index in [1.165, 1.54) is 125 Å². The summed E-state index contributed by atoms with van der Waals surface area (Å²) < 4.78 is 4.15. The van der Waals surface area contributed by atoms with E-state index in [-0.39, 0.29) is 28.4 Å². The first-order chi connectivity index (χ1) is 31.0. The highest BCUT2D eigenvalue weighted by atomic mass is 32.1. The smallest absolute Gasteiger partial charge is 0.266 e. The van der Waals surface area contributed by atoms with Gasteiger partial charge in [-0.3, -0.25) is 0 Å². The predicted octanol–water partition coefficient (Wildman–Crippen LogP) is 15.4. The summed E-state index contributed by atoms with van der Waals surface area (Å²) in [6.45, 7) is 23.5. The van der Waals surface area contributed by atoms with Crippen LogP contribution in [0.4, 0.5) is 33.4 Å². The van der Waals surface area contributed by atoms with Gasteiger partial charge in [0.15, 0.2) is 0 Å². The summed E-state index contributed by atoms with van der Waals surface area (Å²) >= 11 is 4.01. The van der Waals surface area contributed by atoms with Crippen LogP contribution in [-0.4, -0.2) is 6.71 Å². The number of nitrogens with zero attached hydrogens (tertiary/aromatic N) is 2. The monoisotopic (exact) mass is 876 g/mol. The Morgan fingerprint density at radius 1 is 0.446 bits per heavy atom. The van der Waals surface area contributed by atoms with Gasteiger partial charge >= 0.3 is 0 Å².